The third kappa shape index (κ3) is 3.58. The predicted octanol–water partition coefficient (Wildman–Crippen LogP) is 2.59. The van der Waals surface area contributed by atoms with Crippen LogP contribution in [0, 0.1) is 0 Å². The molecule has 7 heteroatoms. The van der Waals surface area contributed by atoms with Gasteiger partial charge < -0.3 is 9.30 Å². The predicted molar refractivity (Wildman–Crippen MR) is 70.7 cm³/mol. The van der Waals surface area contributed by atoms with Gasteiger partial charge in [0.25, 0.3) is 0 Å². The summed E-state index contributed by atoms with van der Waals surface area (Å²) in [5.74, 6) is 0.474. The molecule has 0 aromatic carbocycles. The third-order valence-corrected chi connectivity index (χ3v) is 4.36. The van der Waals surface area contributed by atoms with Crippen LogP contribution in [0.15, 0.2) is 12.4 Å². The highest BCUT2D eigenvalue weighted by Crippen LogP contribution is 2.36. The minimum atomic E-state index is -4.22. The maximum atomic E-state index is 12.5. The third-order valence-electron chi connectivity index (χ3n) is 4.36. The largest absolute Gasteiger partial charge is 0.406 e. The second kappa shape index (κ2) is 5.61. The van der Waals surface area contributed by atoms with Gasteiger partial charge in [-0.15, -0.1) is 0 Å². The van der Waals surface area contributed by atoms with Crippen LogP contribution in [0.4, 0.5) is 13.2 Å². The van der Waals surface area contributed by atoms with Gasteiger partial charge in [-0.1, -0.05) is 12.8 Å². The number of hydrogen-bond donors (Lipinski definition) is 0. The molecule has 3 rings (SSSR count). The summed E-state index contributed by atoms with van der Waals surface area (Å²) in [5.41, 5.74) is -0.0697. The highest BCUT2D eigenvalue weighted by molar-refractivity contribution is 4.97. The fraction of sp³-hybridized carbons (Fsp3) is 0.786. The van der Waals surface area contributed by atoms with Crippen molar-refractivity contribution in [1.82, 2.24) is 14.5 Å². The summed E-state index contributed by atoms with van der Waals surface area (Å²) in [7, 11) is 0. The number of hydrogen-bond acceptors (Lipinski definition) is 3. The van der Waals surface area contributed by atoms with E-state index in [4.69, 9.17) is 4.74 Å². The van der Waals surface area contributed by atoms with Gasteiger partial charge in [0.15, 0.2) is 0 Å². The Bertz CT molecular complexity index is 480. The van der Waals surface area contributed by atoms with E-state index in [0.717, 1.165) is 25.9 Å². The van der Waals surface area contributed by atoms with Crippen molar-refractivity contribution in [2.45, 2.75) is 50.6 Å². The van der Waals surface area contributed by atoms with E-state index in [-0.39, 0.29) is 5.60 Å². The van der Waals surface area contributed by atoms with Crippen molar-refractivity contribution >= 4 is 0 Å². The zero-order valence-electron chi connectivity index (χ0n) is 11.9. The van der Waals surface area contributed by atoms with E-state index >= 15 is 0 Å². The monoisotopic (exact) mass is 303 g/mol. The second-order valence-electron chi connectivity index (χ2n) is 6.04. The zero-order valence-corrected chi connectivity index (χ0v) is 11.9. The molecule has 0 N–H and O–H groups in total. The summed E-state index contributed by atoms with van der Waals surface area (Å²) >= 11 is 0. The second-order valence-corrected chi connectivity index (χ2v) is 6.04. The van der Waals surface area contributed by atoms with Gasteiger partial charge in [0, 0.05) is 25.5 Å². The van der Waals surface area contributed by atoms with E-state index in [1.54, 1.807) is 0 Å². The van der Waals surface area contributed by atoms with Gasteiger partial charge in [0.1, 0.15) is 12.4 Å². The van der Waals surface area contributed by atoms with E-state index in [1.165, 1.54) is 29.8 Å². The SMILES string of the molecule is FC(F)(F)Cn1ccnc1CN1CCOC2(CCCC2)C1. The average Bonchev–Trinajstić information content (AvgIpc) is 2.99. The highest BCUT2D eigenvalue weighted by atomic mass is 19.4. The maximum Gasteiger partial charge on any atom is 0.406 e. The number of imidazole rings is 1. The minimum Gasteiger partial charge on any atom is -0.372 e. The van der Waals surface area contributed by atoms with Crippen molar-refractivity contribution in [3.63, 3.8) is 0 Å². The van der Waals surface area contributed by atoms with Gasteiger partial charge in [0.2, 0.25) is 0 Å². The minimum absolute atomic E-state index is 0.0697. The van der Waals surface area contributed by atoms with Gasteiger partial charge in [-0.05, 0) is 12.8 Å². The van der Waals surface area contributed by atoms with Crippen molar-refractivity contribution in [3.8, 4) is 0 Å². The van der Waals surface area contributed by atoms with Crippen molar-refractivity contribution in [2.75, 3.05) is 19.7 Å². The summed E-state index contributed by atoms with van der Waals surface area (Å²) in [4.78, 5) is 6.26. The van der Waals surface area contributed by atoms with E-state index in [2.05, 4.69) is 9.88 Å². The van der Waals surface area contributed by atoms with E-state index in [0.29, 0.717) is 19.0 Å². The van der Waals surface area contributed by atoms with Crippen LogP contribution in [0.2, 0.25) is 0 Å². The Morgan fingerprint density at radius 3 is 2.76 bits per heavy atom. The molecule has 1 spiro atoms. The number of nitrogens with zero attached hydrogens (tertiary/aromatic N) is 3. The van der Waals surface area contributed by atoms with Crippen LogP contribution < -0.4 is 0 Å². The topological polar surface area (TPSA) is 30.3 Å². The van der Waals surface area contributed by atoms with Crippen LogP contribution in [-0.2, 0) is 17.8 Å². The fourth-order valence-corrected chi connectivity index (χ4v) is 3.41. The molecule has 1 saturated carbocycles. The average molecular weight is 303 g/mol. The molecule has 1 saturated heterocycles. The van der Waals surface area contributed by atoms with Crippen LogP contribution in [0.3, 0.4) is 0 Å². The van der Waals surface area contributed by atoms with Gasteiger partial charge in [-0.3, -0.25) is 4.90 Å². The lowest BCUT2D eigenvalue weighted by Gasteiger charge is -2.40. The number of alkyl halides is 3. The first-order valence-corrected chi connectivity index (χ1v) is 7.39. The number of rotatable bonds is 3. The lowest BCUT2D eigenvalue weighted by molar-refractivity contribution is -0.141. The Morgan fingerprint density at radius 1 is 1.29 bits per heavy atom. The van der Waals surface area contributed by atoms with Crippen molar-refractivity contribution < 1.29 is 17.9 Å². The number of ether oxygens (including phenoxy) is 1. The normalized spacial score (nSPS) is 23.0. The van der Waals surface area contributed by atoms with Gasteiger partial charge >= 0.3 is 6.18 Å². The van der Waals surface area contributed by atoms with Crippen molar-refractivity contribution in [3.05, 3.63) is 18.2 Å². The zero-order chi connectivity index (χ0) is 14.9. The Hall–Kier alpha value is -1.08. The van der Waals surface area contributed by atoms with Crippen LogP contribution in [-0.4, -0.2) is 45.9 Å². The molecule has 2 heterocycles. The molecule has 118 valence electrons. The van der Waals surface area contributed by atoms with Crippen molar-refractivity contribution in [2.24, 2.45) is 0 Å². The molecular formula is C14H20F3N3O. The quantitative estimate of drug-likeness (QED) is 0.860. The molecule has 1 aromatic heterocycles. The Kier molecular flexibility index (Phi) is 3.96. The maximum absolute atomic E-state index is 12.5. The molecule has 0 amide bonds. The summed E-state index contributed by atoms with van der Waals surface area (Å²) in [6, 6.07) is 0. The molecule has 1 aliphatic carbocycles. The lowest BCUT2D eigenvalue weighted by atomic mass is 10.00. The molecule has 0 radical (unpaired) electrons. The molecule has 1 aromatic rings. The van der Waals surface area contributed by atoms with Gasteiger partial charge in [-0.25, -0.2) is 4.98 Å². The molecule has 21 heavy (non-hydrogen) atoms. The summed E-state index contributed by atoms with van der Waals surface area (Å²) in [5, 5.41) is 0. The van der Waals surface area contributed by atoms with Crippen LogP contribution in [0.5, 0.6) is 0 Å². The molecule has 0 unspecified atom stereocenters. The molecule has 4 nitrogen and oxygen atoms in total. The Labute approximate surface area is 121 Å². The fourth-order valence-electron chi connectivity index (χ4n) is 3.41. The first-order chi connectivity index (χ1) is 9.96. The van der Waals surface area contributed by atoms with Crippen molar-refractivity contribution in [1.29, 1.82) is 0 Å². The number of aromatic nitrogens is 2. The molecule has 1 aliphatic heterocycles. The Balaban J connectivity index is 1.65. The van der Waals surface area contributed by atoms with E-state index in [1.807, 2.05) is 0 Å². The van der Waals surface area contributed by atoms with Gasteiger partial charge in [0.05, 0.1) is 18.8 Å². The summed E-state index contributed by atoms with van der Waals surface area (Å²) in [6.45, 7) is 1.68. The molecule has 0 bridgehead atoms. The van der Waals surface area contributed by atoms with Crippen LogP contribution >= 0.6 is 0 Å². The molecule has 2 aliphatic rings. The molecule has 2 fully saturated rings. The highest BCUT2D eigenvalue weighted by Gasteiger charge is 2.39. The van der Waals surface area contributed by atoms with Crippen LogP contribution in [0.1, 0.15) is 31.5 Å². The number of morpholine rings is 1. The first-order valence-electron chi connectivity index (χ1n) is 7.39. The smallest absolute Gasteiger partial charge is 0.372 e. The van der Waals surface area contributed by atoms with E-state index < -0.39 is 12.7 Å². The number of halogens is 3. The summed E-state index contributed by atoms with van der Waals surface area (Å²) in [6.07, 6.45) is 3.09. The Morgan fingerprint density at radius 2 is 2.05 bits per heavy atom. The van der Waals surface area contributed by atoms with E-state index in [9.17, 15) is 13.2 Å². The van der Waals surface area contributed by atoms with Gasteiger partial charge in [-0.2, -0.15) is 13.2 Å². The first kappa shape index (κ1) is 14.8. The summed E-state index contributed by atoms with van der Waals surface area (Å²) < 4.78 is 44.7. The lowest BCUT2D eigenvalue weighted by Crippen LogP contribution is -2.50. The molecule has 0 atom stereocenters. The standard InChI is InChI=1S/C14H20F3N3O/c15-14(16,17)11-20-6-5-18-12(20)9-19-7-8-21-13(10-19)3-1-2-4-13/h5-6H,1-4,7-11H2. The van der Waals surface area contributed by atoms with Crippen LogP contribution in [0.25, 0.3) is 0 Å². The molecular weight excluding hydrogens is 283 g/mol.